The molecule has 1 saturated carbocycles. The summed E-state index contributed by atoms with van der Waals surface area (Å²) in [5, 5.41) is 3.50. The first-order chi connectivity index (χ1) is 4.83. The van der Waals surface area contributed by atoms with E-state index in [-0.39, 0.29) is 0 Å². The van der Waals surface area contributed by atoms with Crippen LogP contribution in [-0.2, 0) is 0 Å². The molecule has 10 heavy (non-hydrogen) atoms. The van der Waals surface area contributed by atoms with E-state index >= 15 is 0 Å². The summed E-state index contributed by atoms with van der Waals surface area (Å²) in [4.78, 5) is 0. The zero-order valence-corrected chi connectivity index (χ0v) is 6.77. The molecular formula is C8H18N2. The van der Waals surface area contributed by atoms with Gasteiger partial charge in [0, 0.05) is 18.6 Å². The molecular weight excluding hydrogens is 124 g/mol. The highest BCUT2D eigenvalue weighted by Crippen LogP contribution is 2.17. The topological polar surface area (TPSA) is 38.0 Å². The molecule has 1 atom stereocenters. The third kappa shape index (κ3) is 2.27. The van der Waals surface area contributed by atoms with Gasteiger partial charge in [-0.1, -0.05) is 12.8 Å². The highest BCUT2D eigenvalue weighted by molar-refractivity contribution is 4.76. The summed E-state index contributed by atoms with van der Waals surface area (Å²) >= 11 is 0. The normalized spacial score (nSPS) is 23.4. The van der Waals surface area contributed by atoms with E-state index in [4.69, 9.17) is 5.73 Å². The van der Waals surface area contributed by atoms with Crippen LogP contribution in [0, 0.1) is 0 Å². The first kappa shape index (κ1) is 8.02. The molecule has 60 valence electrons. The molecule has 1 aliphatic carbocycles. The minimum absolute atomic E-state index is 0.503. The van der Waals surface area contributed by atoms with Crippen molar-refractivity contribution < 1.29 is 0 Å². The summed E-state index contributed by atoms with van der Waals surface area (Å²) in [6, 6.07) is 1.27. The molecule has 2 nitrogen and oxygen atoms in total. The second kappa shape index (κ2) is 3.94. The lowest BCUT2D eigenvalue weighted by atomic mass is 10.2. The van der Waals surface area contributed by atoms with Crippen LogP contribution in [0.25, 0.3) is 0 Å². The van der Waals surface area contributed by atoms with Gasteiger partial charge in [0.05, 0.1) is 0 Å². The van der Waals surface area contributed by atoms with E-state index in [2.05, 4.69) is 12.2 Å². The molecule has 0 amide bonds. The van der Waals surface area contributed by atoms with Gasteiger partial charge in [0.25, 0.3) is 0 Å². The van der Waals surface area contributed by atoms with Crippen molar-refractivity contribution >= 4 is 0 Å². The van der Waals surface area contributed by atoms with E-state index in [1.807, 2.05) is 0 Å². The second-order valence-corrected chi connectivity index (χ2v) is 3.28. The monoisotopic (exact) mass is 142 g/mol. The maximum atomic E-state index is 5.49. The van der Waals surface area contributed by atoms with Crippen LogP contribution in [0.3, 0.4) is 0 Å². The maximum Gasteiger partial charge on any atom is 0.0164 e. The Balaban J connectivity index is 2.11. The van der Waals surface area contributed by atoms with Crippen LogP contribution in [0.5, 0.6) is 0 Å². The highest BCUT2D eigenvalue weighted by Gasteiger charge is 2.15. The Morgan fingerprint density at radius 2 is 2.10 bits per heavy atom. The molecule has 1 rings (SSSR count). The van der Waals surface area contributed by atoms with Gasteiger partial charge in [-0.05, 0) is 19.8 Å². The molecule has 0 spiro atoms. The van der Waals surface area contributed by atoms with E-state index in [9.17, 15) is 0 Å². The molecule has 1 fully saturated rings. The van der Waals surface area contributed by atoms with E-state index < -0.39 is 0 Å². The molecule has 0 aromatic carbocycles. The molecule has 1 aliphatic rings. The Bertz CT molecular complexity index is 87.3. The number of hydrogen-bond donors (Lipinski definition) is 2. The first-order valence-corrected chi connectivity index (χ1v) is 4.29. The maximum absolute atomic E-state index is 5.49. The van der Waals surface area contributed by atoms with Gasteiger partial charge in [-0.3, -0.25) is 0 Å². The third-order valence-corrected chi connectivity index (χ3v) is 2.23. The fraction of sp³-hybridized carbons (Fsp3) is 1.00. The van der Waals surface area contributed by atoms with Gasteiger partial charge in [-0.25, -0.2) is 0 Å². The van der Waals surface area contributed by atoms with Crippen LogP contribution in [0.2, 0.25) is 0 Å². The molecule has 0 bridgehead atoms. The van der Waals surface area contributed by atoms with Crippen molar-refractivity contribution in [1.29, 1.82) is 0 Å². The predicted molar refractivity (Wildman–Crippen MR) is 43.9 cm³/mol. The molecule has 1 unspecified atom stereocenters. The molecule has 2 heteroatoms. The third-order valence-electron chi connectivity index (χ3n) is 2.23. The lowest BCUT2D eigenvalue weighted by Crippen LogP contribution is -2.39. The molecule has 0 aromatic heterocycles. The average molecular weight is 142 g/mol. The van der Waals surface area contributed by atoms with Gasteiger partial charge in [-0.2, -0.15) is 0 Å². The molecule has 0 aliphatic heterocycles. The Morgan fingerprint density at radius 3 is 2.60 bits per heavy atom. The van der Waals surface area contributed by atoms with E-state index in [1.54, 1.807) is 0 Å². The standard InChI is InChI=1S/C8H18N2/c1-7(6-9)10-8-4-2-3-5-8/h7-8,10H,2-6,9H2,1H3. The Hall–Kier alpha value is -0.0800. The van der Waals surface area contributed by atoms with Gasteiger partial charge in [0.15, 0.2) is 0 Å². The van der Waals surface area contributed by atoms with Gasteiger partial charge in [-0.15, -0.1) is 0 Å². The summed E-state index contributed by atoms with van der Waals surface area (Å²) < 4.78 is 0. The van der Waals surface area contributed by atoms with Crippen molar-refractivity contribution in [3.8, 4) is 0 Å². The van der Waals surface area contributed by atoms with Crippen LogP contribution in [0.1, 0.15) is 32.6 Å². The summed E-state index contributed by atoms with van der Waals surface area (Å²) in [6.07, 6.45) is 5.50. The number of nitrogens with one attached hydrogen (secondary N) is 1. The van der Waals surface area contributed by atoms with Crippen LogP contribution < -0.4 is 11.1 Å². The minimum Gasteiger partial charge on any atom is -0.329 e. The fourth-order valence-corrected chi connectivity index (χ4v) is 1.56. The van der Waals surface area contributed by atoms with Crippen LogP contribution in [0.15, 0.2) is 0 Å². The van der Waals surface area contributed by atoms with Crippen molar-refractivity contribution in [1.82, 2.24) is 5.32 Å². The smallest absolute Gasteiger partial charge is 0.0164 e. The number of hydrogen-bond acceptors (Lipinski definition) is 2. The van der Waals surface area contributed by atoms with Crippen LogP contribution >= 0.6 is 0 Å². The number of rotatable bonds is 3. The van der Waals surface area contributed by atoms with E-state index in [0.717, 1.165) is 12.6 Å². The van der Waals surface area contributed by atoms with Gasteiger partial charge >= 0.3 is 0 Å². The van der Waals surface area contributed by atoms with Crippen molar-refractivity contribution in [2.45, 2.75) is 44.7 Å². The van der Waals surface area contributed by atoms with Gasteiger partial charge < -0.3 is 11.1 Å². The summed E-state index contributed by atoms with van der Waals surface area (Å²) in [7, 11) is 0. The average Bonchev–Trinajstić information content (AvgIpc) is 2.40. The lowest BCUT2D eigenvalue weighted by Gasteiger charge is -2.16. The first-order valence-electron chi connectivity index (χ1n) is 4.29. The number of nitrogens with two attached hydrogens (primary N) is 1. The minimum atomic E-state index is 0.503. The quantitative estimate of drug-likeness (QED) is 0.613. The highest BCUT2D eigenvalue weighted by atomic mass is 15.0. The van der Waals surface area contributed by atoms with Crippen molar-refractivity contribution in [2.75, 3.05) is 6.54 Å². The van der Waals surface area contributed by atoms with Crippen molar-refractivity contribution in [3.63, 3.8) is 0 Å². The summed E-state index contributed by atoms with van der Waals surface area (Å²) in [5.74, 6) is 0. The van der Waals surface area contributed by atoms with E-state index in [0.29, 0.717) is 6.04 Å². The largest absolute Gasteiger partial charge is 0.329 e. The van der Waals surface area contributed by atoms with Crippen molar-refractivity contribution in [2.24, 2.45) is 5.73 Å². The van der Waals surface area contributed by atoms with Crippen molar-refractivity contribution in [3.05, 3.63) is 0 Å². The molecule has 0 saturated heterocycles. The lowest BCUT2D eigenvalue weighted by molar-refractivity contribution is 0.455. The molecule has 0 radical (unpaired) electrons. The Morgan fingerprint density at radius 1 is 1.50 bits per heavy atom. The van der Waals surface area contributed by atoms with Gasteiger partial charge in [0.2, 0.25) is 0 Å². The SMILES string of the molecule is CC(CN)NC1CCCC1. The molecule has 0 heterocycles. The summed E-state index contributed by atoms with van der Waals surface area (Å²) in [5.41, 5.74) is 5.49. The summed E-state index contributed by atoms with van der Waals surface area (Å²) in [6.45, 7) is 2.91. The second-order valence-electron chi connectivity index (χ2n) is 3.28. The zero-order chi connectivity index (χ0) is 7.40. The Labute approximate surface area is 63.2 Å². The molecule has 0 aromatic rings. The predicted octanol–water partition coefficient (Wildman–Crippen LogP) is 0.866. The Kier molecular flexibility index (Phi) is 3.16. The zero-order valence-electron chi connectivity index (χ0n) is 6.77. The van der Waals surface area contributed by atoms with Crippen LogP contribution in [0.4, 0.5) is 0 Å². The molecule has 3 N–H and O–H groups in total. The van der Waals surface area contributed by atoms with Gasteiger partial charge in [0.1, 0.15) is 0 Å². The van der Waals surface area contributed by atoms with E-state index in [1.165, 1.54) is 25.7 Å². The van der Waals surface area contributed by atoms with Crippen LogP contribution in [-0.4, -0.2) is 18.6 Å². The fourth-order valence-electron chi connectivity index (χ4n) is 1.56.